The molecule has 1 N–H and O–H groups in total. The van der Waals surface area contributed by atoms with Gasteiger partial charge in [-0.1, -0.05) is 13.0 Å². The van der Waals surface area contributed by atoms with Crippen LogP contribution in [0.2, 0.25) is 0 Å². The first kappa shape index (κ1) is 15.9. The Morgan fingerprint density at radius 3 is 2.72 bits per heavy atom. The van der Waals surface area contributed by atoms with E-state index in [9.17, 15) is 5.11 Å². The van der Waals surface area contributed by atoms with E-state index in [1.165, 1.54) is 5.56 Å². The van der Waals surface area contributed by atoms with Crippen LogP contribution in [0.3, 0.4) is 0 Å². The van der Waals surface area contributed by atoms with E-state index in [0.29, 0.717) is 42.7 Å². The minimum Gasteiger partial charge on any atom is -0.504 e. The lowest BCUT2D eigenvalue weighted by Crippen LogP contribution is -2.80. The van der Waals surface area contributed by atoms with Crippen LogP contribution in [0.4, 0.5) is 0 Å². The van der Waals surface area contributed by atoms with Crippen molar-refractivity contribution < 1.29 is 19.3 Å². The standard InChI is InChI=1S/C20H27NO4/c1-4-20(24-7-8-25-20)11-19-10-14-17(19)13(21(14)2)9-12-5-6-15(23-3)18(22)16(12)19/h5-6,13-14,17,22H,4,7-11H2,1-3H3. The van der Waals surface area contributed by atoms with Crippen molar-refractivity contribution in [1.82, 2.24) is 4.90 Å². The maximum absolute atomic E-state index is 11.0. The molecule has 4 atom stereocenters. The second kappa shape index (κ2) is 5.12. The second-order valence-electron chi connectivity index (χ2n) is 8.18. The molecular formula is C20H27NO4. The Morgan fingerprint density at radius 1 is 1.28 bits per heavy atom. The molecule has 5 heteroatoms. The van der Waals surface area contributed by atoms with Crippen LogP contribution < -0.4 is 4.74 Å². The first-order valence-electron chi connectivity index (χ1n) is 9.44. The van der Waals surface area contributed by atoms with Crippen molar-refractivity contribution in [2.45, 2.75) is 55.9 Å². The Kier molecular flexibility index (Phi) is 3.26. The van der Waals surface area contributed by atoms with Gasteiger partial charge in [0, 0.05) is 35.4 Å². The molecule has 2 heterocycles. The molecule has 5 rings (SSSR count). The molecule has 1 aromatic rings. The van der Waals surface area contributed by atoms with Gasteiger partial charge >= 0.3 is 0 Å². The molecule has 2 saturated heterocycles. The average Bonchev–Trinajstić information content (AvgIpc) is 3.06. The van der Waals surface area contributed by atoms with Crippen LogP contribution in [0.15, 0.2) is 12.1 Å². The van der Waals surface area contributed by atoms with Crippen LogP contribution in [-0.2, 0) is 21.3 Å². The fourth-order valence-corrected chi connectivity index (χ4v) is 6.22. The molecule has 3 fully saturated rings. The van der Waals surface area contributed by atoms with Crippen molar-refractivity contribution in [1.29, 1.82) is 0 Å². The van der Waals surface area contributed by atoms with Gasteiger partial charge in [-0.15, -0.1) is 0 Å². The smallest absolute Gasteiger partial charge is 0.169 e. The average molecular weight is 345 g/mol. The molecule has 0 bridgehead atoms. The molecule has 5 nitrogen and oxygen atoms in total. The van der Waals surface area contributed by atoms with Gasteiger partial charge in [-0.25, -0.2) is 0 Å². The highest BCUT2D eigenvalue weighted by molar-refractivity contribution is 5.58. The highest BCUT2D eigenvalue weighted by Gasteiger charge is 2.71. The molecule has 1 aromatic carbocycles. The third-order valence-corrected chi connectivity index (χ3v) is 7.40. The van der Waals surface area contributed by atoms with Gasteiger partial charge in [0.15, 0.2) is 17.3 Å². The fraction of sp³-hybridized carbons (Fsp3) is 0.700. The second-order valence-corrected chi connectivity index (χ2v) is 8.18. The van der Waals surface area contributed by atoms with Crippen molar-refractivity contribution in [3.8, 4) is 11.5 Å². The van der Waals surface area contributed by atoms with E-state index in [0.717, 1.165) is 31.2 Å². The lowest BCUT2D eigenvalue weighted by Gasteiger charge is -2.74. The number of hydrogen-bond acceptors (Lipinski definition) is 5. The Bertz CT molecular complexity index is 714. The lowest BCUT2D eigenvalue weighted by molar-refractivity contribution is -0.234. The summed E-state index contributed by atoms with van der Waals surface area (Å²) in [6.07, 6.45) is 3.74. The van der Waals surface area contributed by atoms with E-state index in [1.807, 2.05) is 6.07 Å². The zero-order valence-electron chi connectivity index (χ0n) is 15.2. The molecule has 0 aromatic heterocycles. The largest absolute Gasteiger partial charge is 0.504 e. The molecule has 4 aliphatic rings. The van der Waals surface area contributed by atoms with Crippen molar-refractivity contribution in [3.63, 3.8) is 0 Å². The third kappa shape index (κ3) is 1.84. The number of phenolic OH excluding ortho intramolecular Hbond substituents is 1. The van der Waals surface area contributed by atoms with E-state index in [-0.39, 0.29) is 5.41 Å². The van der Waals surface area contributed by atoms with E-state index < -0.39 is 5.79 Å². The Balaban J connectivity index is 1.63. The first-order chi connectivity index (χ1) is 12.1. The number of methoxy groups -OCH3 is 1. The third-order valence-electron chi connectivity index (χ3n) is 7.40. The summed E-state index contributed by atoms with van der Waals surface area (Å²) in [5, 5.41) is 11.0. The summed E-state index contributed by atoms with van der Waals surface area (Å²) in [5.74, 6) is 0.981. The van der Waals surface area contributed by atoms with Crippen LogP contribution in [0.1, 0.15) is 37.3 Å². The van der Waals surface area contributed by atoms with Gasteiger partial charge < -0.3 is 19.3 Å². The van der Waals surface area contributed by atoms with Crippen molar-refractivity contribution in [2.75, 3.05) is 27.4 Å². The summed E-state index contributed by atoms with van der Waals surface area (Å²) in [6.45, 7) is 3.47. The number of ether oxygens (including phenoxy) is 3. The van der Waals surface area contributed by atoms with Gasteiger partial charge in [0.05, 0.1) is 20.3 Å². The molecule has 0 spiro atoms. The highest BCUT2D eigenvalue weighted by Crippen LogP contribution is 2.68. The molecule has 136 valence electrons. The minimum absolute atomic E-state index is 0.0611. The molecule has 1 saturated carbocycles. The number of benzene rings is 1. The predicted octanol–water partition coefficient (Wildman–Crippen LogP) is 2.44. The maximum Gasteiger partial charge on any atom is 0.169 e. The van der Waals surface area contributed by atoms with Gasteiger partial charge in [-0.3, -0.25) is 4.90 Å². The molecule has 2 aliphatic carbocycles. The summed E-state index contributed by atoms with van der Waals surface area (Å²) < 4.78 is 17.6. The predicted molar refractivity (Wildman–Crippen MR) is 93.0 cm³/mol. The number of likely N-dealkylation sites (N-methyl/N-ethyl adjacent to an activating group) is 1. The van der Waals surface area contributed by atoms with E-state index in [4.69, 9.17) is 14.2 Å². The molecular weight excluding hydrogens is 318 g/mol. The number of rotatable bonds is 4. The monoisotopic (exact) mass is 345 g/mol. The lowest BCUT2D eigenvalue weighted by atomic mass is 9.41. The number of phenols is 1. The quantitative estimate of drug-likeness (QED) is 0.908. The molecule has 4 unspecified atom stereocenters. The fourth-order valence-electron chi connectivity index (χ4n) is 6.22. The van der Waals surface area contributed by atoms with E-state index in [2.05, 4.69) is 24.9 Å². The van der Waals surface area contributed by atoms with Crippen molar-refractivity contribution in [3.05, 3.63) is 23.3 Å². The normalized spacial score (nSPS) is 37.6. The van der Waals surface area contributed by atoms with Gasteiger partial charge in [0.25, 0.3) is 0 Å². The zero-order chi connectivity index (χ0) is 17.4. The summed E-state index contributed by atoms with van der Waals surface area (Å²) in [6, 6.07) is 5.23. The van der Waals surface area contributed by atoms with Crippen LogP contribution in [0, 0.1) is 5.92 Å². The molecule has 2 aliphatic heterocycles. The SMILES string of the molecule is CCC1(CC23CC4C2C(Cc2ccc(OC)c(O)c23)N4C)OCCO1. The summed E-state index contributed by atoms with van der Waals surface area (Å²) in [7, 11) is 3.86. The number of likely N-dealkylation sites (tertiary alicyclic amines) is 1. The number of piperidine rings is 1. The number of fused-ring (bicyclic) bond motifs is 2. The molecule has 0 amide bonds. The summed E-state index contributed by atoms with van der Waals surface area (Å²) >= 11 is 0. The van der Waals surface area contributed by atoms with Crippen LogP contribution in [0.5, 0.6) is 11.5 Å². The molecule has 0 radical (unpaired) electrons. The Morgan fingerprint density at radius 2 is 2.04 bits per heavy atom. The first-order valence-corrected chi connectivity index (χ1v) is 9.44. The van der Waals surface area contributed by atoms with E-state index in [1.54, 1.807) is 7.11 Å². The van der Waals surface area contributed by atoms with Gasteiger partial charge in [0.1, 0.15) is 0 Å². The van der Waals surface area contributed by atoms with Crippen LogP contribution in [0.25, 0.3) is 0 Å². The Labute approximate surface area is 148 Å². The Hall–Kier alpha value is -1.30. The van der Waals surface area contributed by atoms with Gasteiger partial charge in [-0.2, -0.15) is 0 Å². The summed E-state index contributed by atoms with van der Waals surface area (Å²) in [5.41, 5.74) is 2.30. The van der Waals surface area contributed by atoms with Crippen LogP contribution in [-0.4, -0.2) is 55.2 Å². The van der Waals surface area contributed by atoms with Crippen molar-refractivity contribution >= 4 is 0 Å². The van der Waals surface area contributed by atoms with Crippen molar-refractivity contribution in [2.24, 2.45) is 5.92 Å². The summed E-state index contributed by atoms with van der Waals surface area (Å²) in [4.78, 5) is 2.52. The zero-order valence-corrected chi connectivity index (χ0v) is 15.2. The van der Waals surface area contributed by atoms with Gasteiger partial charge in [0.2, 0.25) is 0 Å². The minimum atomic E-state index is -0.506. The number of aromatic hydroxyl groups is 1. The topological polar surface area (TPSA) is 51.2 Å². The van der Waals surface area contributed by atoms with Gasteiger partial charge in [-0.05, 0) is 37.9 Å². The van der Waals surface area contributed by atoms with Crippen LogP contribution >= 0.6 is 0 Å². The number of hydrogen-bond donors (Lipinski definition) is 1. The highest BCUT2D eigenvalue weighted by atomic mass is 16.7. The number of nitrogens with zero attached hydrogens (tertiary/aromatic N) is 1. The maximum atomic E-state index is 11.0. The van der Waals surface area contributed by atoms with E-state index >= 15 is 0 Å². The molecule has 25 heavy (non-hydrogen) atoms.